The zero-order valence-electron chi connectivity index (χ0n) is 9.08. The molecule has 0 saturated carbocycles. The van der Waals surface area contributed by atoms with Crippen LogP contribution in [0, 0.1) is 0 Å². The number of thiophene rings is 1. The van der Waals surface area contributed by atoms with Gasteiger partial charge in [-0.1, -0.05) is 0 Å². The summed E-state index contributed by atoms with van der Waals surface area (Å²) in [5, 5.41) is 3.25. The van der Waals surface area contributed by atoms with Crippen LogP contribution in [0.5, 0.6) is 0 Å². The van der Waals surface area contributed by atoms with Crippen molar-refractivity contribution in [2.24, 2.45) is 0 Å². The lowest BCUT2D eigenvalue weighted by Gasteiger charge is -2.16. The van der Waals surface area contributed by atoms with Crippen LogP contribution in [0.25, 0.3) is 0 Å². The van der Waals surface area contributed by atoms with Crippen molar-refractivity contribution in [2.75, 3.05) is 14.2 Å². The number of hydroxylamine groups is 2. The topological polar surface area (TPSA) is 29.5 Å². The highest BCUT2D eigenvalue weighted by molar-refractivity contribution is 7.10. The fourth-order valence-corrected chi connectivity index (χ4v) is 3.05. The van der Waals surface area contributed by atoms with Gasteiger partial charge in [0.15, 0.2) is 0 Å². The van der Waals surface area contributed by atoms with Crippen molar-refractivity contribution < 1.29 is 9.63 Å². The maximum absolute atomic E-state index is 11.9. The first-order valence-electron chi connectivity index (χ1n) is 5.15. The summed E-state index contributed by atoms with van der Waals surface area (Å²) in [7, 11) is 3.16. The lowest BCUT2D eigenvalue weighted by molar-refractivity contribution is -0.0757. The molecule has 2 rings (SSSR count). The molecule has 0 radical (unpaired) electrons. The van der Waals surface area contributed by atoms with Gasteiger partial charge in [-0.25, -0.2) is 5.06 Å². The lowest BCUT2D eigenvalue weighted by atomic mass is 9.96. The standard InChI is InChI=1S/C11H15NO2S/c1-12(14-2)11(13)9-7-15-10-6-4-3-5-8(9)10/h7H,3-6H2,1-2H3. The molecule has 0 aromatic carbocycles. The first kappa shape index (κ1) is 10.6. The van der Waals surface area contributed by atoms with E-state index in [1.165, 1.54) is 35.5 Å². The number of carbonyl (C=O) groups is 1. The predicted molar refractivity (Wildman–Crippen MR) is 60.1 cm³/mol. The molecule has 0 spiro atoms. The van der Waals surface area contributed by atoms with Crippen LogP contribution in [0.15, 0.2) is 5.38 Å². The second kappa shape index (κ2) is 4.33. The largest absolute Gasteiger partial charge is 0.278 e. The summed E-state index contributed by atoms with van der Waals surface area (Å²) in [6.45, 7) is 0. The quantitative estimate of drug-likeness (QED) is 0.723. The Balaban J connectivity index is 2.28. The lowest BCUT2D eigenvalue weighted by Crippen LogP contribution is -2.26. The Morgan fingerprint density at radius 2 is 2.20 bits per heavy atom. The third-order valence-corrected chi connectivity index (χ3v) is 3.94. The smallest absolute Gasteiger partial charge is 0.274 e. The number of carbonyl (C=O) groups excluding carboxylic acids is 1. The van der Waals surface area contributed by atoms with Crippen molar-refractivity contribution in [3.63, 3.8) is 0 Å². The summed E-state index contributed by atoms with van der Waals surface area (Å²) in [6.07, 6.45) is 4.61. The molecular formula is C11H15NO2S. The number of hydrogen-bond acceptors (Lipinski definition) is 3. The maximum Gasteiger partial charge on any atom is 0.278 e. The molecular weight excluding hydrogens is 210 g/mol. The molecule has 82 valence electrons. The van der Waals surface area contributed by atoms with Gasteiger partial charge in [0.05, 0.1) is 12.7 Å². The van der Waals surface area contributed by atoms with E-state index in [0.717, 1.165) is 18.4 Å². The van der Waals surface area contributed by atoms with Crippen molar-refractivity contribution in [2.45, 2.75) is 25.7 Å². The van der Waals surface area contributed by atoms with Crippen molar-refractivity contribution in [3.05, 3.63) is 21.4 Å². The van der Waals surface area contributed by atoms with E-state index in [1.54, 1.807) is 18.4 Å². The molecule has 0 atom stereocenters. The molecule has 1 aromatic rings. The highest BCUT2D eigenvalue weighted by atomic mass is 32.1. The fourth-order valence-electron chi connectivity index (χ4n) is 1.93. The van der Waals surface area contributed by atoms with Gasteiger partial charge in [-0.05, 0) is 31.2 Å². The van der Waals surface area contributed by atoms with E-state index < -0.39 is 0 Å². The highest BCUT2D eigenvalue weighted by Crippen LogP contribution is 2.30. The summed E-state index contributed by atoms with van der Waals surface area (Å²) < 4.78 is 0. The Hall–Kier alpha value is -0.870. The van der Waals surface area contributed by atoms with Crippen LogP contribution in [-0.2, 0) is 17.7 Å². The average Bonchev–Trinajstić information content (AvgIpc) is 2.70. The molecule has 0 N–H and O–H groups in total. The summed E-state index contributed by atoms with van der Waals surface area (Å²) >= 11 is 1.71. The number of nitrogens with zero attached hydrogens (tertiary/aromatic N) is 1. The summed E-state index contributed by atoms with van der Waals surface area (Å²) in [4.78, 5) is 18.2. The number of hydrogen-bond donors (Lipinski definition) is 0. The van der Waals surface area contributed by atoms with Crippen LogP contribution < -0.4 is 0 Å². The number of aryl methyl sites for hydroxylation is 1. The number of rotatable bonds is 2. The summed E-state index contributed by atoms with van der Waals surface area (Å²) in [5.41, 5.74) is 2.08. The first-order chi connectivity index (χ1) is 7.24. The third-order valence-electron chi connectivity index (χ3n) is 2.85. The average molecular weight is 225 g/mol. The summed E-state index contributed by atoms with van der Waals surface area (Å²) in [5.74, 6) is -0.0306. The van der Waals surface area contributed by atoms with Gasteiger partial charge in [-0.3, -0.25) is 9.63 Å². The highest BCUT2D eigenvalue weighted by Gasteiger charge is 2.22. The van der Waals surface area contributed by atoms with Crippen LogP contribution in [0.1, 0.15) is 33.6 Å². The number of amides is 1. The first-order valence-corrected chi connectivity index (χ1v) is 6.03. The SMILES string of the molecule is CON(C)C(=O)c1csc2c1CCCC2. The third kappa shape index (κ3) is 1.92. The van der Waals surface area contributed by atoms with E-state index in [4.69, 9.17) is 4.84 Å². The normalized spacial score (nSPS) is 14.8. The number of fused-ring (bicyclic) bond motifs is 1. The van der Waals surface area contributed by atoms with E-state index in [0.29, 0.717) is 0 Å². The van der Waals surface area contributed by atoms with Gasteiger partial charge in [-0.15, -0.1) is 11.3 Å². The maximum atomic E-state index is 11.9. The van der Waals surface area contributed by atoms with Gasteiger partial charge in [0.1, 0.15) is 0 Å². The molecule has 0 aliphatic heterocycles. The van der Waals surface area contributed by atoms with Crippen molar-refractivity contribution in [3.8, 4) is 0 Å². The molecule has 1 amide bonds. The monoisotopic (exact) mass is 225 g/mol. The van der Waals surface area contributed by atoms with E-state index in [-0.39, 0.29) is 5.91 Å². The van der Waals surface area contributed by atoms with Gasteiger partial charge in [0.2, 0.25) is 0 Å². The fraction of sp³-hybridized carbons (Fsp3) is 0.545. The van der Waals surface area contributed by atoms with Gasteiger partial charge in [-0.2, -0.15) is 0 Å². The van der Waals surface area contributed by atoms with E-state index in [2.05, 4.69) is 0 Å². The molecule has 1 aromatic heterocycles. The predicted octanol–water partition coefficient (Wildman–Crippen LogP) is 2.26. The van der Waals surface area contributed by atoms with Crippen LogP contribution in [0.4, 0.5) is 0 Å². The van der Waals surface area contributed by atoms with Gasteiger partial charge >= 0.3 is 0 Å². The van der Waals surface area contributed by atoms with Crippen LogP contribution in [0.3, 0.4) is 0 Å². The van der Waals surface area contributed by atoms with Crippen molar-refractivity contribution in [1.29, 1.82) is 0 Å². The molecule has 0 unspecified atom stereocenters. The molecule has 1 heterocycles. The van der Waals surface area contributed by atoms with E-state index >= 15 is 0 Å². The summed E-state index contributed by atoms with van der Waals surface area (Å²) in [6, 6.07) is 0. The Morgan fingerprint density at radius 3 is 2.93 bits per heavy atom. The van der Waals surface area contributed by atoms with Gasteiger partial charge in [0, 0.05) is 17.3 Å². The van der Waals surface area contributed by atoms with Crippen molar-refractivity contribution >= 4 is 17.2 Å². The molecule has 1 aliphatic rings. The molecule has 1 aliphatic carbocycles. The van der Waals surface area contributed by atoms with E-state index in [1.807, 2.05) is 5.38 Å². The molecule has 0 saturated heterocycles. The minimum atomic E-state index is -0.0306. The Kier molecular flexibility index (Phi) is 3.07. The van der Waals surface area contributed by atoms with Gasteiger partial charge in [0.25, 0.3) is 5.91 Å². The molecule has 4 heteroatoms. The molecule has 3 nitrogen and oxygen atoms in total. The minimum Gasteiger partial charge on any atom is -0.274 e. The second-order valence-electron chi connectivity index (χ2n) is 3.74. The minimum absolute atomic E-state index is 0.0306. The van der Waals surface area contributed by atoms with Crippen LogP contribution in [0.2, 0.25) is 0 Å². The van der Waals surface area contributed by atoms with E-state index in [9.17, 15) is 4.79 Å². The molecule has 15 heavy (non-hydrogen) atoms. The Labute approximate surface area is 93.6 Å². The zero-order valence-corrected chi connectivity index (χ0v) is 9.89. The molecule has 0 bridgehead atoms. The second-order valence-corrected chi connectivity index (χ2v) is 4.71. The Morgan fingerprint density at radius 1 is 1.47 bits per heavy atom. The van der Waals surface area contributed by atoms with Crippen LogP contribution in [-0.4, -0.2) is 25.1 Å². The van der Waals surface area contributed by atoms with Crippen molar-refractivity contribution in [1.82, 2.24) is 5.06 Å². The van der Waals surface area contributed by atoms with Crippen LogP contribution >= 0.6 is 11.3 Å². The van der Waals surface area contributed by atoms with Gasteiger partial charge < -0.3 is 0 Å². The Bertz CT molecular complexity index is 373. The zero-order chi connectivity index (χ0) is 10.8. The molecule has 0 fully saturated rings.